The van der Waals surface area contributed by atoms with Crippen LogP contribution in [0, 0.1) is 5.92 Å². The summed E-state index contributed by atoms with van der Waals surface area (Å²) in [5.41, 5.74) is 6.81. The Morgan fingerprint density at radius 3 is 2.79 bits per heavy atom. The molecule has 78 valence electrons. The molecule has 0 saturated carbocycles. The van der Waals surface area contributed by atoms with Crippen LogP contribution in [0.15, 0.2) is 36.3 Å². The van der Waals surface area contributed by atoms with E-state index in [1.54, 1.807) is 6.20 Å². The van der Waals surface area contributed by atoms with Crippen LogP contribution in [-0.4, -0.2) is 10.9 Å². The van der Waals surface area contributed by atoms with Crippen molar-refractivity contribution in [3.05, 3.63) is 36.3 Å². The molecule has 2 heteroatoms. The van der Waals surface area contributed by atoms with Gasteiger partial charge in [-0.05, 0) is 24.0 Å². The van der Waals surface area contributed by atoms with Crippen molar-refractivity contribution in [3.63, 3.8) is 0 Å². The van der Waals surface area contributed by atoms with Gasteiger partial charge in [-0.15, -0.1) is 0 Å². The smallest absolute Gasteiger partial charge is 0.0514 e. The van der Waals surface area contributed by atoms with Crippen LogP contribution in [0.4, 0.5) is 0 Å². The third-order valence-corrected chi connectivity index (χ3v) is 2.55. The summed E-state index contributed by atoms with van der Waals surface area (Å²) in [6.45, 7) is 6.63. The molecule has 0 radical (unpaired) electrons. The maximum absolute atomic E-state index is 5.39. The average molecular weight is 192 g/mol. The lowest BCUT2D eigenvalue weighted by atomic mass is 9.97. The van der Waals surface area contributed by atoms with E-state index in [0.717, 1.165) is 6.42 Å². The fourth-order valence-corrected chi connectivity index (χ4v) is 1.62. The molecule has 0 bridgehead atoms. The highest BCUT2D eigenvalue weighted by molar-refractivity contribution is 5.27. The molecule has 0 aliphatic carbocycles. The molecule has 0 aromatic heterocycles. The summed E-state index contributed by atoms with van der Waals surface area (Å²) in [6, 6.07) is 0.456. The topological polar surface area (TPSA) is 29.3 Å². The van der Waals surface area contributed by atoms with Crippen molar-refractivity contribution >= 4 is 0 Å². The van der Waals surface area contributed by atoms with Gasteiger partial charge < -0.3 is 10.6 Å². The normalized spacial score (nSPS) is 22.1. The number of nitrogens with two attached hydrogens (primary N) is 1. The zero-order valence-electron chi connectivity index (χ0n) is 9.27. The molecule has 0 amide bonds. The standard InChI is InChI=1S/C12H20N2/c1-4-12-9-11(10(2)3)5-7-14(12)8-6-13/h5-10,12H,4,13H2,1-3H3/b8-6-. The molecule has 0 fully saturated rings. The quantitative estimate of drug-likeness (QED) is 0.744. The predicted octanol–water partition coefficient (Wildman–Crippen LogP) is 2.61. The number of rotatable bonds is 3. The van der Waals surface area contributed by atoms with E-state index >= 15 is 0 Å². The Kier molecular flexibility index (Phi) is 3.81. The molecule has 1 rings (SSSR count). The molecule has 0 aromatic rings. The third-order valence-electron chi connectivity index (χ3n) is 2.55. The molecule has 1 aliphatic heterocycles. The van der Waals surface area contributed by atoms with Crippen LogP contribution in [0.3, 0.4) is 0 Å². The first-order valence-electron chi connectivity index (χ1n) is 5.24. The summed E-state index contributed by atoms with van der Waals surface area (Å²) in [6.07, 6.45) is 11.2. The van der Waals surface area contributed by atoms with Crippen molar-refractivity contribution in [3.8, 4) is 0 Å². The van der Waals surface area contributed by atoms with Crippen molar-refractivity contribution in [1.29, 1.82) is 0 Å². The van der Waals surface area contributed by atoms with Gasteiger partial charge in [0.15, 0.2) is 0 Å². The minimum atomic E-state index is 0.456. The molecule has 1 atom stereocenters. The minimum absolute atomic E-state index is 0.456. The Bertz CT molecular complexity index is 261. The van der Waals surface area contributed by atoms with Crippen LogP contribution in [0.5, 0.6) is 0 Å². The summed E-state index contributed by atoms with van der Waals surface area (Å²) < 4.78 is 0. The van der Waals surface area contributed by atoms with E-state index in [1.165, 1.54) is 5.57 Å². The van der Waals surface area contributed by atoms with Crippen molar-refractivity contribution in [2.75, 3.05) is 0 Å². The van der Waals surface area contributed by atoms with Gasteiger partial charge in [0.1, 0.15) is 0 Å². The molecule has 1 aliphatic rings. The fraction of sp³-hybridized carbons (Fsp3) is 0.500. The van der Waals surface area contributed by atoms with Gasteiger partial charge in [0, 0.05) is 18.6 Å². The fourth-order valence-electron chi connectivity index (χ4n) is 1.62. The Morgan fingerprint density at radius 1 is 1.57 bits per heavy atom. The highest BCUT2D eigenvalue weighted by Crippen LogP contribution is 2.21. The van der Waals surface area contributed by atoms with Gasteiger partial charge in [-0.1, -0.05) is 26.8 Å². The number of nitrogens with zero attached hydrogens (tertiary/aromatic N) is 1. The lowest BCUT2D eigenvalue weighted by Gasteiger charge is -2.28. The van der Waals surface area contributed by atoms with Crippen LogP contribution >= 0.6 is 0 Å². The molecule has 1 unspecified atom stereocenters. The highest BCUT2D eigenvalue weighted by Gasteiger charge is 2.14. The van der Waals surface area contributed by atoms with Crippen molar-refractivity contribution in [1.82, 2.24) is 4.90 Å². The van der Waals surface area contributed by atoms with E-state index in [2.05, 4.69) is 44.0 Å². The van der Waals surface area contributed by atoms with Crippen molar-refractivity contribution < 1.29 is 0 Å². The van der Waals surface area contributed by atoms with E-state index in [0.29, 0.717) is 12.0 Å². The van der Waals surface area contributed by atoms with Gasteiger partial charge >= 0.3 is 0 Å². The minimum Gasteiger partial charge on any atom is -0.403 e. The van der Waals surface area contributed by atoms with Gasteiger partial charge in [-0.2, -0.15) is 0 Å². The van der Waals surface area contributed by atoms with Crippen LogP contribution in [-0.2, 0) is 0 Å². The van der Waals surface area contributed by atoms with Gasteiger partial charge in [0.2, 0.25) is 0 Å². The summed E-state index contributed by atoms with van der Waals surface area (Å²) in [7, 11) is 0. The zero-order chi connectivity index (χ0) is 10.6. The summed E-state index contributed by atoms with van der Waals surface area (Å²) >= 11 is 0. The number of allylic oxidation sites excluding steroid dienone is 2. The van der Waals surface area contributed by atoms with Gasteiger partial charge in [-0.3, -0.25) is 0 Å². The third kappa shape index (κ3) is 2.41. The van der Waals surface area contributed by atoms with Crippen LogP contribution in [0.1, 0.15) is 27.2 Å². The van der Waals surface area contributed by atoms with Crippen molar-refractivity contribution in [2.24, 2.45) is 11.7 Å². The SMILES string of the molecule is CCC1C=C(C(C)C)C=CN1/C=C\N. The summed E-state index contributed by atoms with van der Waals surface area (Å²) in [4.78, 5) is 2.14. The second kappa shape index (κ2) is 4.89. The van der Waals surface area contributed by atoms with Crippen LogP contribution in [0.25, 0.3) is 0 Å². The highest BCUT2D eigenvalue weighted by atomic mass is 15.1. The maximum Gasteiger partial charge on any atom is 0.0514 e. The van der Waals surface area contributed by atoms with E-state index in [-0.39, 0.29) is 0 Å². The lowest BCUT2D eigenvalue weighted by Crippen LogP contribution is -2.26. The van der Waals surface area contributed by atoms with E-state index in [9.17, 15) is 0 Å². The van der Waals surface area contributed by atoms with E-state index in [4.69, 9.17) is 5.73 Å². The summed E-state index contributed by atoms with van der Waals surface area (Å²) in [5, 5.41) is 0. The molecule has 1 heterocycles. The molecule has 0 saturated heterocycles. The lowest BCUT2D eigenvalue weighted by molar-refractivity contribution is 0.404. The monoisotopic (exact) mass is 192 g/mol. The Labute approximate surface area is 86.8 Å². The zero-order valence-corrected chi connectivity index (χ0v) is 9.27. The first-order valence-corrected chi connectivity index (χ1v) is 5.24. The number of hydrogen-bond acceptors (Lipinski definition) is 2. The molecule has 14 heavy (non-hydrogen) atoms. The molecular weight excluding hydrogens is 172 g/mol. The van der Waals surface area contributed by atoms with Crippen LogP contribution < -0.4 is 5.73 Å². The average Bonchev–Trinajstić information content (AvgIpc) is 2.18. The molecule has 2 N–H and O–H groups in total. The van der Waals surface area contributed by atoms with Crippen molar-refractivity contribution in [2.45, 2.75) is 33.2 Å². The first kappa shape index (κ1) is 10.9. The maximum atomic E-state index is 5.39. The largest absolute Gasteiger partial charge is 0.403 e. The second-order valence-corrected chi connectivity index (χ2v) is 3.90. The molecular formula is C12H20N2. The Hall–Kier alpha value is -1.18. The van der Waals surface area contributed by atoms with Gasteiger partial charge in [0.25, 0.3) is 0 Å². The first-order chi connectivity index (χ1) is 6.69. The Balaban J connectivity index is 2.79. The number of hydrogen-bond donors (Lipinski definition) is 1. The second-order valence-electron chi connectivity index (χ2n) is 3.90. The molecule has 0 spiro atoms. The predicted molar refractivity (Wildman–Crippen MR) is 61.3 cm³/mol. The molecule has 0 aromatic carbocycles. The van der Waals surface area contributed by atoms with E-state index < -0.39 is 0 Å². The van der Waals surface area contributed by atoms with E-state index in [1.807, 2.05) is 6.20 Å². The van der Waals surface area contributed by atoms with Gasteiger partial charge in [0.05, 0.1) is 6.04 Å². The van der Waals surface area contributed by atoms with Crippen LogP contribution in [0.2, 0.25) is 0 Å². The molecule has 2 nitrogen and oxygen atoms in total. The van der Waals surface area contributed by atoms with Gasteiger partial charge in [-0.25, -0.2) is 0 Å². The summed E-state index contributed by atoms with van der Waals surface area (Å²) in [5.74, 6) is 0.601. The Morgan fingerprint density at radius 2 is 2.29 bits per heavy atom.